The highest BCUT2D eigenvalue weighted by Crippen LogP contribution is 2.60. The number of rotatable bonds is 6. The summed E-state index contributed by atoms with van der Waals surface area (Å²) in [6.45, 7) is 0. The van der Waals surface area contributed by atoms with Crippen molar-refractivity contribution in [3.05, 3.63) is 259 Å². The van der Waals surface area contributed by atoms with Gasteiger partial charge in [0.25, 0.3) is 0 Å². The van der Waals surface area contributed by atoms with Gasteiger partial charge < -0.3 is 9.47 Å². The number of anilines is 2. The number of fused-ring (bicyclic) bond motifs is 8. The smallest absolute Gasteiger partial charge is 0.0542 e. The van der Waals surface area contributed by atoms with Gasteiger partial charge in [-0.2, -0.15) is 0 Å². The molecule has 0 spiro atoms. The number of nitrogens with zero attached hydrogens (tertiary/aromatic N) is 2. The Labute approximate surface area is 344 Å². The predicted molar refractivity (Wildman–Crippen MR) is 247 cm³/mol. The molecule has 0 bridgehead atoms. The molecule has 0 saturated carbocycles. The van der Waals surface area contributed by atoms with Crippen molar-refractivity contribution in [2.45, 2.75) is 11.3 Å². The molecule has 1 aromatic heterocycles. The lowest BCUT2D eigenvalue weighted by atomic mass is 9.63. The number of para-hydroxylation sites is 2. The van der Waals surface area contributed by atoms with E-state index in [1.807, 2.05) is 0 Å². The van der Waals surface area contributed by atoms with Gasteiger partial charge in [-0.15, -0.1) is 0 Å². The van der Waals surface area contributed by atoms with Crippen LogP contribution in [0.3, 0.4) is 0 Å². The van der Waals surface area contributed by atoms with Crippen LogP contribution >= 0.6 is 0 Å². The minimum atomic E-state index is -0.388. The van der Waals surface area contributed by atoms with Gasteiger partial charge in [-0.05, 0) is 111 Å². The Hall–Kier alpha value is -7.42. The van der Waals surface area contributed by atoms with Crippen LogP contribution in [0.15, 0.2) is 236 Å². The molecule has 0 amide bonds. The van der Waals surface area contributed by atoms with Crippen LogP contribution in [0.25, 0.3) is 49.0 Å². The highest BCUT2D eigenvalue weighted by Gasteiger charge is 2.53. The maximum Gasteiger partial charge on any atom is 0.0542 e. The number of aromatic nitrogens is 1. The van der Waals surface area contributed by atoms with E-state index in [1.165, 1.54) is 71.3 Å². The first-order valence-electron chi connectivity index (χ1n) is 20.7. The van der Waals surface area contributed by atoms with Crippen molar-refractivity contribution in [3.63, 3.8) is 0 Å². The third-order valence-corrected chi connectivity index (χ3v) is 13.0. The summed E-state index contributed by atoms with van der Waals surface area (Å²) in [4.78, 5) is 2.50. The number of benzene rings is 9. The van der Waals surface area contributed by atoms with E-state index in [2.05, 4.69) is 240 Å². The van der Waals surface area contributed by atoms with Gasteiger partial charge in [-0.3, -0.25) is 0 Å². The van der Waals surface area contributed by atoms with Gasteiger partial charge in [0.1, 0.15) is 0 Å². The van der Waals surface area contributed by atoms with Crippen LogP contribution < -0.4 is 4.90 Å². The van der Waals surface area contributed by atoms with Crippen molar-refractivity contribution in [2.75, 3.05) is 4.90 Å². The minimum Gasteiger partial charge on any atom is -0.311 e. The molecule has 2 atom stereocenters. The Morgan fingerprint density at radius 2 is 1.02 bits per heavy atom. The molecule has 2 heteroatoms. The summed E-state index contributed by atoms with van der Waals surface area (Å²) in [7, 11) is 0. The van der Waals surface area contributed by atoms with Crippen LogP contribution in [0.2, 0.25) is 0 Å². The fourth-order valence-corrected chi connectivity index (χ4v) is 10.6. The Kier molecular flexibility index (Phi) is 7.61. The van der Waals surface area contributed by atoms with E-state index >= 15 is 0 Å². The molecule has 278 valence electrons. The molecular weight excluding hydrogens is 713 g/mol. The molecule has 2 aliphatic carbocycles. The van der Waals surface area contributed by atoms with E-state index in [1.54, 1.807) is 0 Å². The SMILES string of the molecule is C1=CC2c3ccccc3C(c3ccccc3)(c3ccccc3)C2C=C1N(c1ccc2cc3ccccc3cc2c1)c1ccc2c(c1)c1ccccc1n2-c1ccccc1. The van der Waals surface area contributed by atoms with Gasteiger partial charge in [-0.25, -0.2) is 0 Å². The average molecular weight is 753 g/mol. The highest BCUT2D eigenvalue weighted by atomic mass is 15.1. The maximum absolute atomic E-state index is 2.59. The zero-order chi connectivity index (χ0) is 38.9. The Bertz CT molecular complexity index is 3240. The normalized spacial score (nSPS) is 16.6. The van der Waals surface area contributed by atoms with Crippen LogP contribution in [0.1, 0.15) is 28.2 Å². The van der Waals surface area contributed by atoms with Gasteiger partial charge >= 0.3 is 0 Å². The molecule has 9 aromatic carbocycles. The van der Waals surface area contributed by atoms with E-state index in [0.717, 1.165) is 17.1 Å². The molecule has 0 fully saturated rings. The molecule has 12 rings (SSSR count). The zero-order valence-electron chi connectivity index (χ0n) is 32.5. The summed E-state index contributed by atoms with van der Waals surface area (Å²) < 4.78 is 2.40. The molecule has 2 unspecified atom stereocenters. The van der Waals surface area contributed by atoms with Crippen LogP contribution in [0, 0.1) is 5.92 Å². The molecule has 0 saturated heterocycles. The first-order chi connectivity index (χ1) is 29.3. The molecule has 0 radical (unpaired) electrons. The molecule has 2 aliphatic rings. The van der Waals surface area contributed by atoms with Crippen molar-refractivity contribution in [3.8, 4) is 5.69 Å². The Morgan fingerprint density at radius 3 is 1.78 bits per heavy atom. The number of hydrogen-bond donors (Lipinski definition) is 0. The van der Waals surface area contributed by atoms with E-state index in [0.29, 0.717) is 0 Å². The van der Waals surface area contributed by atoms with Crippen LogP contribution in [0.4, 0.5) is 11.4 Å². The van der Waals surface area contributed by atoms with Crippen LogP contribution in [0.5, 0.6) is 0 Å². The topological polar surface area (TPSA) is 8.17 Å². The predicted octanol–water partition coefficient (Wildman–Crippen LogP) is 14.4. The van der Waals surface area contributed by atoms with Crippen molar-refractivity contribution in [1.82, 2.24) is 4.57 Å². The summed E-state index contributed by atoms with van der Waals surface area (Å²) in [6.07, 6.45) is 7.45. The van der Waals surface area contributed by atoms with Gasteiger partial charge in [0.15, 0.2) is 0 Å². The Morgan fingerprint density at radius 1 is 0.441 bits per heavy atom. The van der Waals surface area contributed by atoms with E-state index in [-0.39, 0.29) is 17.3 Å². The molecule has 59 heavy (non-hydrogen) atoms. The second kappa shape index (κ2) is 13.3. The second-order valence-corrected chi connectivity index (χ2v) is 16.1. The quantitative estimate of drug-likeness (QED) is 0.154. The first kappa shape index (κ1) is 33.7. The van der Waals surface area contributed by atoms with Gasteiger partial charge in [0, 0.05) is 45.4 Å². The molecule has 0 aliphatic heterocycles. The molecular formula is C57H40N2. The summed E-state index contributed by atoms with van der Waals surface area (Å²) in [5, 5.41) is 7.44. The summed E-state index contributed by atoms with van der Waals surface area (Å²) >= 11 is 0. The van der Waals surface area contributed by atoms with E-state index in [4.69, 9.17) is 0 Å². The highest BCUT2D eigenvalue weighted by molar-refractivity contribution is 6.10. The summed E-state index contributed by atoms with van der Waals surface area (Å²) in [6, 6.07) is 78.4. The Balaban J connectivity index is 1.11. The maximum atomic E-state index is 2.59. The van der Waals surface area contributed by atoms with Gasteiger partial charge in [0.2, 0.25) is 0 Å². The van der Waals surface area contributed by atoms with Gasteiger partial charge in [-0.1, -0.05) is 164 Å². The molecule has 0 N–H and O–H groups in total. The van der Waals surface area contributed by atoms with Crippen molar-refractivity contribution >= 4 is 54.7 Å². The largest absolute Gasteiger partial charge is 0.311 e. The third-order valence-electron chi connectivity index (χ3n) is 13.0. The average Bonchev–Trinajstić information content (AvgIpc) is 3.79. The third kappa shape index (κ3) is 5.13. The summed E-state index contributed by atoms with van der Waals surface area (Å²) in [5.41, 5.74) is 12.0. The number of hydrogen-bond acceptors (Lipinski definition) is 1. The van der Waals surface area contributed by atoms with E-state index < -0.39 is 0 Å². The fraction of sp³-hybridized carbons (Fsp3) is 0.0526. The lowest BCUT2D eigenvalue weighted by Crippen LogP contribution is -2.36. The van der Waals surface area contributed by atoms with Gasteiger partial charge in [0.05, 0.1) is 16.4 Å². The lowest BCUT2D eigenvalue weighted by Gasteiger charge is -2.40. The van der Waals surface area contributed by atoms with Crippen LogP contribution in [-0.2, 0) is 5.41 Å². The van der Waals surface area contributed by atoms with Crippen LogP contribution in [-0.4, -0.2) is 4.57 Å². The monoisotopic (exact) mass is 752 g/mol. The zero-order valence-corrected chi connectivity index (χ0v) is 32.5. The molecule has 1 heterocycles. The summed E-state index contributed by atoms with van der Waals surface area (Å²) in [5.74, 6) is 0.340. The van der Waals surface area contributed by atoms with Crippen molar-refractivity contribution in [1.29, 1.82) is 0 Å². The van der Waals surface area contributed by atoms with Crippen molar-refractivity contribution in [2.24, 2.45) is 5.92 Å². The van der Waals surface area contributed by atoms with Crippen molar-refractivity contribution < 1.29 is 0 Å². The minimum absolute atomic E-state index is 0.125. The standard InChI is InChI=1S/C57H40N2/c1-4-18-43(19-5-1)57(44-20-6-2-7-21-44)53-26-14-12-24-49(53)50-32-30-48(38-54(50)57)58(46-29-28-41-34-39-16-10-11-17-40(39)35-42(41)36-46)47-31-33-56-52(37-47)51-25-13-15-27-55(51)59(56)45-22-8-3-9-23-45/h1-38,50,54H. The second-order valence-electron chi connectivity index (χ2n) is 16.1. The molecule has 2 nitrogen and oxygen atoms in total. The number of allylic oxidation sites excluding steroid dienone is 3. The fourth-order valence-electron chi connectivity index (χ4n) is 10.6. The van der Waals surface area contributed by atoms with E-state index in [9.17, 15) is 0 Å². The first-order valence-corrected chi connectivity index (χ1v) is 20.7. The molecule has 10 aromatic rings. The lowest BCUT2D eigenvalue weighted by molar-refractivity contribution is 0.454.